The molecule has 0 aliphatic carbocycles. The fourth-order valence-electron chi connectivity index (χ4n) is 3.40. The van der Waals surface area contributed by atoms with Crippen molar-refractivity contribution >= 4 is 5.96 Å². The predicted molar refractivity (Wildman–Crippen MR) is 92.1 cm³/mol. The van der Waals surface area contributed by atoms with Crippen LogP contribution in [0.3, 0.4) is 0 Å². The zero-order valence-electron chi connectivity index (χ0n) is 14.0. The largest absolute Gasteiger partial charge is 0.356 e. The summed E-state index contributed by atoms with van der Waals surface area (Å²) in [5.74, 6) is 0.0646. The normalized spacial score (nSPS) is 21.7. The molecule has 1 fully saturated rings. The molecule has 0 saturated carbocycles. The van der Waals surface area contributed by atoms with Crippen LogP contribution in [0, 0.1) is 11.6 Å². The van der Waals surface area contributed by atoms with Crippen molar-refractivity contribution in [3.8, 4) is 0 Å². The molecule has 2 aliphatic rings. The summed E-state index contributed by atoms with van der Waals surface area (Å²) in [5, 5.41) is 3.27. The Morgan fingerprint density at radius 2 is 2.08 bits per heavy atom. The Kier molecular flexibility index (Phi) is 5.45. The second-order valence-corrected chi connectivity index (χ2v) is 6.27. The van der Waals surface area contributed by atoms with Crippen molar-refractivity contribution in [3.63, 3.8) is 0 Å². The SMILES string of the molecule is CN=C(NCCc1cc(F)ccc1F)N1CCC(N2CC=CC2)C1. The van der Waals surface area contributed by atoms with Gasteiger partial charge in [0.25, 0.3) is 0 Å². The van der Waals surface area contributed by atoms with Gasteiger partial charge in [0.15, 0.2) is 5.96 Å². The van der Waals surface area contributed by atoms with E-state index >= 15 is 0 Å². The van der Waals surface area contributed by atoms with Crippen molar-refractivity contribution in [2.24, 2.45) is 4.99 Å². The van der Waals surface area contributed by atoms with Gasteiger partial charge in [-0.15, -0.1) is 0 Å². The Bertz CT molecular complexity index is 621. The van der Waals surface area contributed by atoms with Crippen molar-refractivity contribution in [2.45, 2.75) is 18.9 Å². The van der Waals surface area contributed by atoms with E-state index in [9.17, 15) is 8.78 Å². The number of nitrogens with one attached hydrogen (secondary N) is 1. The molecule has 0 spiro atoms. The minimum absolute atomic E-state index is 0.365. The first-order chi connectivity index (χ1) is 11.7. The highest BCUT2D eigenvalue weighted by atomic mass is 19.1. The van der Waals surface area contributed by atoms with Crippen LogP contribution in [0.25, 0.3) is 0 Å². The van der Waals surface area contributed by atoms with Crippen molar-refractivity contribution < 1.29 is 8.78 Å². The number of likely N-dealkylation sites (tertiary alicyclic amines) is 1. The highest BCUT2D eigenvalue weighted by molar-refractivity contribution is 5.80. The quantitative estimate of drug-likeness (QED) is 0.519. The Morgan fingerprint density at radius 1 is 1.29 bits per heavy atom. The lowest BCUT2D eigenvalue weighted by molar-refractivity contribution is 0.259. The Morgan fingerprint density at radius 3 is 2.83 bits per heavy atom. The van der Waals surface area contributed by atoms with E-state index in [0.29, 0.717) is 24.6 Å². The van der Waals surface area contributed by atoms with E-state index in [1.807, 2.05) is 0 Å². The van der Waals surface area contributed by atoms with Crippen LogP contribution in [-0.2, 0) is 6.42 Å². The zero-order chi connectivity index (χ0) is 16.9. The van der Waals surface area contributed by atoms with Gasteiger partial charge >= 0.3 is 0 Å². The third kappa shape index (κ3) is 3.93. The molecule has 4 nitrogen and oxygen atoms in total. The summed E-state index contributed by atoms with van der Waals surface area (Å²) in [6.45, 7) is 4.51. The summed E-state index contributed by atoms with van der Waals surface area (Å²) in [6.07, 6.45) is 5.98. The molecule has 1 aromatic carbocycles. The maximum absolute atomic E-state index is 13.7. The first kappa shape index (κ1) is 16.9. The lowest BCUT2D eigenvalue weighted by atomic mass is 10.1. The number of benzene rings is 1. The molecule has 1 N–H and O–H groups in total. The van der Waals surface area contributed by atoms with Crippen molar-refractivity contribution in [1.82, 2.24) is 15.1 Å². The number of hydrogen-bond acceptors (Lipinski definition) is 2. The summed E-state index contributed by atoms with van der Waals surface area (Å²) >= 11 is 0. The molecule has 0 amide bonds. The van der Waals surface area contributed by atoms with Gasteiger partial charge in [0.1, 0.15) is 11.6 Å². The molecule has 2 heterocycles. The van der Waals surface area contributed by atoms with E-state index in [4.69, 9.17) is 0 Å². The first-order valence-corrected chi connectivity index (χ1v) is 8.46. The molecule has 6 heteroatoms. The molecule has 1 atom stereocenters. The van der Waals surface area contributed by atoms with E-state index in [1.165, 1.54) is 12.1 Å². The monoisotopic (exact) mass is 334 g/mol. The van der Waals surface area contributed by atoms with Crippen LogP contribution in [0.2, 0.25) is 0 Å². The van der Waals surface area contributed by atoms with Gasteiger partial charge in [-0.2, -0.15) is 0 Å². The van der Waals surface area contributed by atoms with Crippen LogP contribution in [0.1, 0.15) is 12.0 Å². The Hall–Kier alpha value is -1.95. The first-order valence-electron chi connectivity index (χ1n) is 8.46. The van der Waals surface area contributed by atoms with Gasteiger partial charge in [0.2, 0.25) is 0 Å². The number of rotatable bonds is 4. The minimum Gasteiger partial charge on any atom is -0.356 e. The van der Waals surface area contributed by atoms with Gasteiger partial charge < -0.3 is 10.2 Å². The van der Waals surface area contributed by atoms with Crippen LogP contribution in [-0.4, -0.2) is 61.6 Å². The zero-order valence-corrected chi connectivity index (χ0v) is 14.0. The highest BCUT2D eigenvalue weighted by Gasteiger charge is 2.29. The van der Waals surface area contributed by atoms with Crippen molar-refractivity contribution in [3.05, 3.63) is 47.5 Å². The van der Waals surface area contributed by atoms with Crippen LogP contribution in [0.4, 0.5) is 8.78 Å². The molecule has 0 aromatic heterocycles. The van der Waals surface area contributed by atoms with E-state index in [2.05, 4.69) is 32.3 Å². The summed E-state index contributed by atoms with van der Waals surface area (Å²) in [4.78, 5) is 9.04. The van der Waals surface area contributed by atoms with Crippen LogP contribution in [0.15, 0.2) is 35.3 Å². The van der Waals surface area contributed by atoms with E-state index in [0.717, 1.165) is 44.6 Å². The lowest BCUT2D eigenvalue weighted by Crippen LogP contribution is -2.43. The van der Waals surface area contributed by atoms with E-state index in [-0.39, 0.29) is 5.82 Å². The van der Waals surface area contributed by atoms with Crippen LogP contribution < -0.4 is 5.32 Å². The van der Waals surface area contributed by atoms with Gasteiger partial charge in [0.05, 0.1) is 0 Å². The summed E-state index contributed by atoms with van der Waals surface area (Å²) < 4.78 is 26.9. The molecule has 1 saturated heterocycles. The lowest BCUT2D eigenvalue weighted by Gasteiger charge is -2.25. The second-order valence-electron chi connectivity index (χ2n) is 6.27. The molecule has 130 valence electrons. The fourth-order valence-corrected chi connectivity index (χ4v) is 3.40. The van der Waals surface area contributed by atoms with Gasteiger partial charge in [-0.25, -0.2) is 8.78 Å². The van der Waals surface area contributed by atoms with Crippen molar-refractivity contribution in [1.29, 1.82) is 0 Å². The summed E-state index contributed by atoms with van der Waals surface area (Å²) in [5.41, 5.74) is 0.389. The average Bonchev–Trinajstić information content (AvgIpc) is 3.25. The molecule has 24 heavy (non-hydrogen) atoms. The molecule has 2 aliphatic heterocycles. The summed E-state index contributed by atoms with van der Waals surface area (Å²) in [6, 6.07) is 4.13. The number of hydrogen-bond donors (Lipinski definition) is 1. The smallest absolute Gasteiger partial charge is 0.193 e. The topological polar surface area (TPSA) is 30.9 Å². The highest BCUT2D eigenvalue weighted by Crippen LogP contribution is 2.18. The van der Waals surface area contributed by atoms with Gasteiger partial charge in [-0.05, 0) is 36.6 Å². The maximum Gasteiger partial charge on any atom is 0.193 e. The Labute approximate surface area is 141 Å². The number of nitrogens with zero attached hydrogens (tertiary/aromatic N) is 3. The third-order valence-electron chi connectivity index (χ3n) is 4.72. The fraction of sp³-hybridized carbons (Fsp3) is 0.500. The second kappa shape index (κ2) is 7.75. The standard InChI is InChI=1S/C18H24F2N4/c1-21-18(22-8-6-14-12-15(19)4-5-17(14)20)24-11-7-16(13-24)23-9-2-3-10-23/h2-5,12,16H,6-11,13H2,1H3,(H,21,22). The van der Waals surface area contributed by atoms with Gasteiger partial charge in [0, 0.05) is 45.8 Å². The molecule has 3 rings (SSSR count). The maximum atomic E-state index is 13.7. The van der Waals surface area contributed by atoms with Crippen LogP contribution in [0.5, 0.6) is 0 Å². The molecule has 1 unspecified atom stereocenters. The number of guanidine groups is 1. The molecular weight excluding hydrogens is 310 g/mol. The van der Waals surface area contributed by atoms with E-state index < -0.39 is 5.82 Å². The summed E-state index contributed by atoms with van der Waals surface area (Å²) in [7, 11) is 1.76. The molecular formula is C18H24F2N4. The molecule has 0 radical (unpaired) electrons. The Balaban J connectivity index is 1.49. The third-order valence-corrected chi connectivity index (χ3v) is 4.72. The van der Waals surface area contributed by atoms with Gasteiger partial charge in [-0.3, -0.25) is 9.89 Å². The number of aliphatic imine (C=N–C) groups is 1. The van der Waals surface area contributed by atoms with Crippen molar-refractivity contribution in [2.75, 3.05) is 39.8 Å². The molecule has 0 bridgehead atoms. The average molecular weight is 334 g/mol. The van der Waals surface area contributed by atoms with Crippen LogP contribution >= 0.6 is 0 Å². The minimum atomic E-state index is -0.405. The van der Waals surface area contributed by atoms with Gasteiger partial charge in [-0.1, -0.05) is 12.2 Å². The van der Waals surface area contributed by atoms with E-state index in [1.54, 1.807) is 7.05 Å². The molecule has 1 aromatic rings. The number of halogens is 2. The predicted octanol–water partition coefficient (Wildman–Crippen LogP) is 2.03.